The van der Waals surface area contributed by atoms with Gasteiger partial charge in [0, 0.05) is 19.0 Å². The number of carbonyl (C=O) groups excluding carboxylic acids is 1. The molecule has 0 aromatic carbocycles. The van der Waals surface area contributed by atoms with Crippen molar-refractivity contribution in [3.05, 3.63) is 17.5 Å². The summed E-state index contributed by atoms with van der Waals surface area (Å²) in [6.45, 7) is 12.0. The highest BCUT2D eigenvalue weighted by Crippen LogP contribution is 2.44. The van der Waals surface area contributed by atoms with E-state index in [1.165, 1.54) is 0 Å². The lowest BCUT2D eigenvalue weighted by molar-refractivity contribution is -0.0586. The zero-order valence-electron chi connectivity index (χ0n) is 17.3. The van der Waals surface area contributed by atoms with Gasteiger partial charge in [0.25, 0.3) is 0 Å². The van der Waals surface area contributed by atoms with Crippen LogP contribution >= 0.6 is 0 Å². The normalized spacial score (nSPS) is 27.2. The Bertz CT molecular complexity index is 830. The number of hydrogen-bond acceptors (Lipinski definition) is 6. The SMILES string of the molecule is Cn1ncc2c1[C@@H](C1=NOC(CO[Si](C)(C)C(C)(C)C)C1)N1C[C@@H]2N(O)C1=O. The van der Waals surface area contributed by atoms with Crippen LogP contribution in [0, 0.1) is 0 Å². The fourth-order valence-corrected chi connectivity index (χ4v) is 4.85. The Labute approximate surface area is 166 Å². The number of amides is 2. The Morgan fingerprint density at radius 3 is 2.79 bits per heavy atom. The van der Waals surface area contributed by atoms with Crippen molar-refractivity contribution in [3.63, 3.8) is 0 Å². The van der Waals surface area contributed by atoms with Crippen LogP contribution in [0.5, 0.6) is 0 Å². The molecule has 0 spiro atoms. The van der Waals surface area contributed by atoms with E-state index in [1.54, 1.807) is 15.8 Å². The highest BCUT2D eigenvalue weighted by atomic mass is 28.4. The van der Waals surface area contributed by atoms with Crippen molar-refractivity contribution in [1.29, 1.82) is 0 Å². The van der Waals surface area contributed by atoms with Crippen LogP contribution in [-0.2, 0) is 16.3 Å². The van der Waals surface area contributed by atoms with Gasteiger partial charge in [-0.25, -0.2) is 4.79 Å². The van der Waals surface area contributed by atoms with Crippen LogP contribution in [0.4, 0.5) is 4.79 Å². The minimum atomic E-state index is -1.87. The number of oxime groups is 1. The van der Waals surface area contributed by atoms with Gasteiger partial charge in [0.2, 0.25) is 0 Å². The van der Waals surface area contributed by atoms with E-state index in [-0.39, 0.29) is 23.2 Å². The Morgan fingerprint density at radius 2 is 2.11 bits per heavy atom. The number of fused-ring (bicyclic) bond motifs is 4. The van der Waals surface area contributed by atoms with E-state index in [2.05, 4.69) is 44.1 Å². The maximum absolute atomic E-state index is 12.5. The van der Waals surface area contributed by atoms with E-state index in [9.17, 15) is 10.0 Å². The molecule has 1 aromatic heterocycles. The third-order valence-corrected chi connectivity index (χ3v) is 11.1. The molecule has 28 heavy (non-hydrogen) atoms. The largest absolute Gasteiger partial charge is 0.413 e. The fourth-order valence-electron chi connectivity index (χ4n) is 3.81. The van der Waals surface area contributed by atoms with E-state index < -0.39 is 14.3 Å². The molecule has 0 radical (unpaired) electrons. The predicted octanol–water partition coefficient (Wildman–Crippen LogP) is 2.81. The second-order valence-corrected chi connectivity index (χ2v) is 14.2. The smallest absolute Gasteiger partial charge is 0.345 e. The summed E-state index contributed by atoms with van der Waals surface area (Å²) in [6.07, 6.45) is 2.14. The molecule has 1 saturated heterocycles. The molecule has 3 atom stereocenters. The van der Waals surface area contributed by atoms with Gasteiger partial charge in [-0.2, -0.15) is 10.2 Å². The number of urea groups is 1. The van der Waals surface area contributed by atoms with Gasteiger partial charge in [-0.15, -0.1) is 0 Å². The molecule has 4 heterocycles. The lowest BCUT2D eigenvalue weighted by atomic mass is 9.93. The monoisotopic (exact) mass is 407 g/mol. The lowest BCUT2D eigenvalue weighted by Crippen LogP contribution is -2.43. The van der Waals surface area contributed by atoms with Gasteiger partial charge >= 0.3 is 6.03 Å². The topological polar surface area (TPSA) is 92.4 Å². The molecular formula is C18H29N5O4Si. The van der Waals surface area contributed by atoms with Gasteiger partial charge in [0.1, 0.15) is 12.1 Å². The maximum Gasteiger partial charge on any atom is 0.345 e. The molecule has 0 aliphatic carbocycles. The molecule has 10 heteroatoms. The summed E-state index contributed by atoms with van der Waals surface area (Å²) in [5.41, 5.74) is 2.52. The van der Waals surface area contributed by atoms with Crippen molar-refractivity contribution in [2.75, 3.05) is 13.2 Å². The number of hydroxylamine groups is 2. The van der Waals surface area contributed by atoms with Gasteiger partial charge in [-0.05, 0) is 18.1 Å². The number of aryl methyl sites for hydroxylation is 1. The summed E-state index contributed by atoms with van der Waals surface area (Å²) in [5.74, 6) is 0. The first-order chi connectivity index (χ1) is 13.0. The first-order valence-corrected chi connectivity index (χ1v) is 12.6. The summed E-state index contributed by atoms with van der Waals surface area (Å²) >= 11 is 0. The maximum atomic E-state index is 12.5. The number of aromatic nitrogens is 2. The Hall–Kier alpha value is -1.91. The number of rotatable bonds is 4. The van der Waals surface area contributed by atoms with Crippen molar-refractivity contribution >= 4 is 20.1 Å². The lowest BCUT2D eigenvalue weighted by Gasteiger charge is -2.36. The number of nitrogens with zero attached hydrogens (tertiary/aromatic N) is 5. The van der Waals surface area contributed by atoms with Crippen LogP contribution in [0.3, 0.4) is 0 Å². The van der Waals surface area contributed by atoms with E-state index in [1.807, 2.05) is 7.05 Å². The Balaban J connectivity index is 1.52. The van der Waals surface area contributed by atoms with E-state index >= 15 is 0 Å². The molecule has 1 unspecified atom stereocenters. The molecule has 3 aliphatic heterocycles. The van der Waals surface area contributed by atoms with Gasteiger partial charge in [-0.1, -0.05) is 25.9 Å². The van der Waals surface area contributed by atoms with E-state index in [4.69, 9.17) is 9.26 Å². The van der Waals surface area contributed by atoms with Gasteiger partial charge in [-0.3, -0.25) is 9.89 Å². The average molecular weight is 408 g/mol. The summed E-state index contributed by atoms with van der Waals surface area (Å²) in [5, 5.41) is 19.8. The minimum absolute atomic E-state index is 0.129. The number of carbonyl (C=O) groups is 1. The zero-order valence-corrected chi connectivity index (χ0v) is 18.3. The first-order valence-electron chi connectivity index (χ1n) is 9.68. The average Bonchev–Trinajstić information content (AvgIpc) is 3.29. The van der Waals surface area contributed by atoms with Gasteiger partial charge in [0.05, 0.1) is 30.8 Å². The molecule has 2 amide bonds. The molecule has 3 aliphatic rings. The molecule has 0 saturated carbocycles. The second kappa shape index (κ2) is 6.29. The van der Waals surface area contributed by atoms with Crippen LogP contribution in [0.1, 0.15) is 50.5 Å². The fraction of sp³-hybridized carbons (Fsp3) is 0.722. The summed E-state index contributed by atoms with van der Waals surface area (Å²) in [6, 6.07) is -1.16. The summed E-state index contributed by atoms with van der Waals surface area (Å²) < 4.78 is 8.04. The van der Waals surface area contributed by atoms with Crippen LogP contribution < -0.4 is 0 Å². The molecule has 4 rings (SSSR count). The standard InChI is InChI=1S/C18H29N5O4Si/c1-18(2,3)28(5,6)26-10-11-7-13(20-27-11)16-15-12(8-19-21(15)4)14-9-22(16)17(24)23(14)25/h8,11,14,16,25H,7,9-10H2,1-6H3/t11?,14-,16+/m0/s1. The van der Waals surface area contributed by atoms with Gasteiger partial charge < -0.3 is 14.2 Å². The van der Waals surface area contributed by atoms with Crippen molar-refractivity contribution in [1.82, 2.24) is 19.7 Å². The molecule has 9 nitrogen and oxygen atoms in total. The van der Waals surface area contributed by atoms with Crippen LogP contribution in [-0.4, -0.2) is 64.3 Å². The Kier molecular flexibility index (Phi) is 4.36. The molecule has 154 valence electrons. The quantitative estimate of drug-likeness (QED) is 0.612. The summed E-state index contributed by atoms with van der Waals surface area (Å²) in [4.78, 5) is 19.9. The highest BCUT2D eigenvalue weighted by molar-refractivity contribution is 6.74. The predicted molar refractivity (Wildman–Crippen MR) is 104 cm³/mol. The van der Waals surface area contributed by atoms with E-state index in [0.29, 0.717) is 19.6 Å². The molecule has 1 aromatic rings. The molecule has 1 N–H and O–H groups in total. The van der Waals surface area contributed by atoms with Crippen LogP contribution in [0.25, 0.3) is 0 Å². The molecule has 1 fully saturated rings. The Morgan fingerprint density at radius 1 is 1.39 bits per heavy atom. The van der Waals surface area contributed by atoms with Crippen molar-refractivity contribution < 1.29 is 19.3 Å². The highest BCUT2D eigenvalue weighted by Gasteiger charge is 2.52. The van der Waals surface area contributed by atoms with Crippen LogP contribution in [0.15, 0.2) is 11.4 Å². The summed E-state index contributed by atoms with van der Waals surface area (Å²) in [7, 11) is -0.0274. The molecule has 2 bridgehead atoms. The van der Waals surface area contributed by atoms with Crippen molar-refractivity contribution in [2.45, 2.75) is 63.5 Å². The van der Waals surface area contributed by atoms with Crippen LogP contribution in [0.2, 0.25) is 18.1 Å². The zero-order chi connectivity index (χ0) is 20.4. The second-order valence-electron chi connectivity index (χ2n) is 9.39. The third-order valence-electron chi connectivity index (χ3n) is 6.56. The first kappa shape index (κ1) is 19.4. The van der Waals surface area contributed by atoms with Crippen molar-refractivity contribution in [3.8, 4) is 0 Å². The minimum Gasteiger partial charge on any atom is -0.413 e. The van der Waals surface area contributed by atoms with E-state index in [0.717, 1.165) is 22.0 Å². The van der Waals surface area contributed by atoms with Gasteiger partial charge in [0.15, 0.2) is 14.4 Å². The number of hydrogen-bond donors (Lipinski definition) is 1. The third kappa shape index (κ3) is 2.85. The van der Waals surface area contributed by atoms with Crippen molar-refractivity contribution in [2.24, 2.45) is 12.2 Å². The molecular weight excluding hydrogens is 378 g/mol.